The predicted molar refractivity (Wildman–Crippen MR) is 80.2 cm³/mol. The van der Waals surface area contributed by atoms with E-state index in [1.807, 2.05) is 4.90 Å². The number of nitrogens with one attached hydrogen (secondary N) is 1. The first-order valence-electron chi connectivity index (χ1n) is 7.69. The molecule has 1 aliphatic heterocycles. The van der Waals surface area contributed by atoms with Gasteiger partial charge in [-0.05, 0) is 12.8 Å². The first kappa shape index (κ1) is 14.0. The number of carbonyl (C=O) groups excluding carboxylic acids is 1. The van der Waals surface area contributed by atoms with Crippen LogP contribution < -0.4 is 10.2 Å². The van der Waals surface area contributed by atoms with Crippen LogP contribution in [0.2, 0.25) is 0 Å². The van der Waals surface area contributed by atoms with Gasteiger partial charge in [-0.25, -0.2) is 0 Å². The second kappa shape index (κ2) is 6.24. The third-order valence-corrected chi connectivity index (χ3v) is 4.26. The molecule has 0 unspecified atom stereocenters. The van der Waals surface area contributed by atoms with Crippen molar-refractivity contribution in [3.05, 3.63) is 6.20 Å². The summed E-state index contributed by atoms with van der Waals surface area (Å²) in [6.07, 6.45) is 6.67. The van der Waals surface area contributed by atoms with E-state index in [0.29, 0.717) is 12.0 Å². The zero-order valence-corrected chi connectivity index (χ0v) is 12.5. The lowest BCUT2D eigenvalue weighted by atomic mass is 10.2. The van der Waals surface area contributed by atoms with Crippen molar-refractivity contribution in [2.24, 2.45) is 0 Å². The van der Waals surface area contributed by atoms with Crippen LogP contribution in [0.5, 0.6) is 0 Å². The first-order valence-corrected chi connectivity index (χ1v) is 7.69. The maximum Gasteiger partial charge on any atom is 0.247 e. The third-order valence-electron chi connectivity index (χ3n) is 4.26. The number of nitrogens with zero attached hydrogens (tertiary/aromatic N) is 5. The minimum Gasteiger partial charge on any atom is -0.366 e. The van der Waals surface area contributed by atoms with E-state index in [0.717, 1.165) is 32.0 Å². The highest BCUT2D eigenvalue weighted by atomic mass is 16.2. The van der Waals surface area contributed by atoms with Gasteiger partial charge in [-0.3, -0.25) is 4.79 Å². The summed E-state index contributed by atoms with van der Waals surface area (Å²) in [7, 11) is 0. The van der Waals surface area contributed by atoms with Gasteiger partial charge in [-0.1, -0.05) is 12.8 Å². The van der Waals surface area contributed by atoms with Gasteiger partial charge in [0.15, 0.2) is 5.82 Å². The minimum absolute atomic E-state index is 0.130. The lowest BCUT2D eigenvalue weighted by Crippen LogP contribution is -2.48. The van der Waals surface area contributed by atoms with Crippen LogP contribution in [0.15, 0.2) is 6.20 Å². The minimum atomic E-state index is 0.130. The van der Waals surface area contributed by atoms with Gasteiger partial charge in [-0.2, -0.15) is 10.1 Å². The van der Waals surface area contributed by atoms with E-state index in [-0.39, 0.29) is 5.91 Å². The Bertz CT molecular complexity index is 494. The maximum atomic E-state index is 11.3. The molecular formula is C14H22N6O. The Kier molecular flexibility index (Phi) is 4.17. The highest BCUT2D eigenvalue weighted by Gasteiger charge is 2.21. The molecule has 1 amide bonds. The summed E-state index contributed by atoms with van der Waals surface area (Å²) < 4.78 is 0. The summed E-state index contributed by atoms with van der Waals surface area (Å²) in [6.45, 7) is 4.57. The molecule has 0 radical (unpaired) electrons. The quantitative estimate of drug-likeness (QED) is 0.891. The molecule has 7 nitrogen and oxygen atoms in total. The number of aromatic nitrogens is 3. The average molecular weight is 290 g/mol. The number of rotatable bonds is 3. The standard InChI is InChI=1S/C14H22N6O/c1-11(21)19-6-8-20(9-7-19)14-17-13(10-15-18-14)16-12-4-2-3-5-12/h10,12H,2-9H2,1H3,(H,16,17,18). The van der Waals surface area contributed by atoms with Crippen molar-refractivity contribution < 1.29 is 4.79 Å². The fraction of sp³-hybridized carbons (Fsp3) is 0.714. The summed E-state index contributed by atoms with van der Waals surface area (Å²) in [5.41, 5.74) is 0. The molecule has 3 rings (SSSR count). The van der Waals surface area contributed by atoms with Crippen LogP contribution in [0.3, 0.4) is 0 Å². The molecule has 2 fully saturated rings. The molecule has 7 heteroatoms. The van der Waals surface area contributed by atoms with E-state index < -0.39 is 0 Å². The third kappa shape index (κ3) is 3.40. The van der Waals surface area contributed by atoms with E-state index in [9.17, 15) is 4.79 Å². The van der Waals surface area contributed by atoms with Gasteiger partial charge in [0.05, 0.1) is 6.20 Å². The number of carbonyl (C=O) groups is 1. The Balaban J connectivity index is 1.62. The van der Waals surface area contributed by atoms with Crippen LogP contribution in [0, 0.1) is 0 Å². The molecule has 0 bridgehead atoms. The smallest absolute Gasteiger partial charge is 0.247 e. The molecule has 2 aliphatic rings. The largest absolute Gasteiger partial charge is 0.366 e. The number of amides is 1. The molecule has 0 spiro atoms. The number of anilines is 2. The lowest BCUT2D eigenvalue weighted by molar-refractivity contribution is -0.129. The van der Waals surface area contributed by atoms with Crippen molar-refractivity contribution >= 4 is 17.7 Å². The fourth-order valence-corrected chi connectivity index (χ4v) is 3.00. The number of piperazine rings is 1. The summed E-state index contributed by atoms with van der Waals surface area (Å²) in [6, 6.07) is 0.518. The summed E-state index contributed by atoms with van der Waals surface area (Å²) in [4.78, 5) is 19.9. The van der Waals surface area contributed by atoms with Gasteiger partial charge in [0.2, 0.25) is 11.9 Å². The number of hydrogen-bond acceptors (Lipinski definition) is 6. The molecule has 1 aliphatic carbocycles. The SMILES string of the molecule is CC(=O)N1CCN(c2nncc(NC3CCCC3)n2)CC1. The van der Waals surface area contributed by atoms with Crippen LogP contribution in [0.4, 0.5) is 11.8 Å². The van der Waals surface area contributed by atoms with E-state index in [2.05, 4.69) is 25.4 Å². The van der Waals surface area contributed by atoms with Gasteiger partial charge < -0.3 is 15.1 Å². The molecule has 0 aromatic carbocycles. The number of hydrogen-bond donors (Lipinski definition) is 1. The van der Waals surface area contributed by atoms with Crippen LogP contribution in [-0.2, 0) is 4.79 Å². The molecule has 1 saturated carbocycles. The fourth-order valence-electron chi connectivity index (χ4n) is 3.00. The van der Waals surface area contributed by atoms with E-state index in [1.165, 1.54) is 25.7 Å². The van der Waals surface area contributed by atoms with Gasteiger partial charge in [0.25, 0.3) is 0 Å². The Morgan fingerprint density at radius 2 is 1.95 bits per heavy atom. The van der Waals surface area contributed by atoms with Crippen molar-refractivity contribution in [2.75, 3.05) is 36.4 Å². The average Bonchev–Trinajstić information content (AvgIpc) is 3.00. The Morgan fingerprint density at radius 3 is 2.62 bits per heavy atom. The normalized spacial score (nSPS) is 19.9. The second-order valence-corrected chi connectivity index (χ2v) is 5.76. The Hall–Kier alpha value is -1.92. The lowest BCUT2D eigenvalue weighted by Gasteiger charge is -2.34. The van der Waals surface area contributed by atoms with Crippen LogP contribution in [-0.4, -0.2) is 58.2 Å². The molecule has 2 heterocycles. The molecule has 1 aromatic heterocycles. The Morgan fingerprint density at radius 1 is 1.24 bits per heavy atom. The van der Waals surface area contributed by atoms with Crippen LogP contribution in [0.25, 0.3) is 0 Å². The van der Waals surface area contributed by atoms with Gasteiger partial charge >= 0.3 is 0 Å². The molecule has 1 N–H and O–H groups in total. The molecule has 0 atom stereocenters. The summed E-state index contributed by atoms with van der Waals surface area (Å²) in [5, 5.41) is 11.6. The van der Waals surface area contributed by atoms with E-state index in [4.69, 9.17) is 0 Å². The molecule has 1 aromatic rings. The molecular weight excluding hydrogens is 268 g/mol. The zero-order chi connectivity index (χ0) is 14.7. The van der Waals surface area contributed by atoms with Crippen molar-refractivity contribution in [2.45, 2.75) is 38.6 Å². The van der Waals surface area contributed by atoms with Crippen molar-refractivity contribution in [3.63, 3.8) is 0 Å². The van der Waals surface area contributed by atoms with Gasteiger partial charge in [0, 0.05) is 39.1 Å². The van der Waals surface area contributed by atoms with E-state index >= 15 is 0 Å². The van der Waals surface area contributed by atoms with Crippen molar-refractivity contribution in [1.29, 1.82) is 0 Å². The maximum absolute atomic E-state index is 11.3. The molecule has 1 saturated heterocycles. The Labute approximate surface area is 124 Å². The molecule has 114 valence electrons. The van der Waals surface area contributed by atoms with Crippen molar-refractivity contribution in [1.82, 2.24) is 20.1 Å². The second-order valence-electron chi connectivity index (χ2n) is 5.76. The highest BCUT2D eigenvalue weighted by molar-refractivity contribution is 5.73. The monoisotopic (exact) mass is 290 g/mol. The molecule has 21 heavy (non-hydrogen) atoms. The van der Waals surface area contributed by atoms with Crippen LogP contribution >= 0.6 is 0 Å². The van der Waals surface area contributed by atoms with Gasteiger partial charge in [0.1, 0.15) is 0 Å². The van der Waals surface area contributed by atoms with E-state index in [1.54, 1.807) is 13.1 Å². The first-order chi connectivity index (χ1) is 10.2. The topological polar surface area (TPSA) is 74.2 Å². The van der Waals surface area contributed by atoms with Crippen LogP contribution in [0.1, 0.15) is 32.6 Å². The summed E-state index contributed by atoms with van der Waals surface area (Å²) in [5.74, 6) is 1.59. The van der Waals surface area contributed by atoms with Gasteiger partial charge in [-0.15, -0.1) is 5.10 Å². The summed E-state index contributed by atoms with van der Waals surface area (Å²) >= 11 is 0. The highest BCUT2D eigenvalue weighted by Crippen LogP contribution is 2.21. The predicted octanol–water partition coefficient (Wildman–Crippen LogP) is 0.895. The zero-order valence-electron chi connectivity index (χ0n) is 12.5. The van der Waals surface area contributed by atoms with Crippen molar-refractivity contribution in [3.8, 4) is 0 Å².